The molecule has 2 heterocycles. The van der Waals surface area contributed by atoms with Crippen molar-refractivity contribution in [1.29, 1.82) is 0 Å². The zero-order valence-electron chi connectivity index (χ0n) is 21.9. The number of fused-ring (bicyclic) bond motifs is 2. The van der Waals surface area contributed by atoms with Gasteiger partial charge in [-0.1, -0.05) is 44.0 Å². The minimum absolute atomic E-state index is 0.177. The maximum atomic E-state index is 12.3. The summed E-state index contributed by atoms with van der Waals surface area (Å²) in [5.41, 5.74) is 5.73. The van der Waals surface area contributed by atoms with Gasteiger partial charge in [0.2, 0.25) is 0 Å². The Balaban J connectivity index is 1.68. The Morgan fingerprint density at radius 3 is 2.47 bits per heavy atom. The minimum Gasteiger partial charge on any atom is -0.481 e. The second-order valence-corrected chi connectivity index (χ2v) is 9.26. The molecule has 2 aromatic heterocycles. The highest BCUT2D eigenvalue weighted by atomic mass is 16.5. The molecule has 0 aliphatic rings. The standard InChI is InChI=1S/C31H28N4O3/c1-6-16-38-23-13-15-25-24(18-23)28(21-10-8-20(9-11-21)19(3)4)34-29(32-25)30-33-26-14-12-22(31(36)37-7-2)17-27(26)35(30)5/h1,8-15,17-19H,7,16H2,2-5H3. The number of esters is 1. The number of hydrogen-bond donors (Lipinski definition) is 0. The van der Waals surface area contributed by atoms with Gasteiger partial charge in [-0.25, -0.2) is 19.7 Å². The van der Waals surface area contributed by atoms with Gasteiger partial charge in [-0.3, -0.25) is 0 Å². The van der Waals surface area contributed by atoms with Gasteiger partial charge in [0.15, 0.2) is 11.6 Å². The average Bonchev–Trinajstić information content (AvgIpc) is 3.27. The summed E-state index contributed by atoms with van der Waals surface area (Å²) in [5.74, 6) is 4.28. The van der Waals surface area contributed by atoms with Crippen LogP contribution in [-0.4, -0.2) is 38.7 Å². The Morgan fingerprint density at radius 1 is 1.00 bits per heavy atom. The first-order valence-electron chi connectivity index (χ1n) is 12.5. The highest BCUT2D eigenvalue weighted by Gasteiger charge is 2.19. The van der Waals surface area contributed by atoms with Crippen molar-refractivity contribution >= 4 is 27.9 Å². The molecule has 5 rings (SSSR count). The van der Waals surface area contributed by atoms with Crippen molar-refractivity contribution in [3.05, 3.63) is 71.8 Å². The molecule has 0 aliphatic carbocycles. The molecule has 7 heteroatoms. The maximum absolute atomic E-state index is 12.3. The van der Waals surface area contributed by atoms with Gasteiger partial charge in [0.05, 0.1) is 34.4 Å². The zero-order chi connectivity index (χ0) is 26.8. The number of carbonyl (C=O) groups is 1. The lowest BCUT2D eigenvalue weighted by Crippen LogP contribution is -2.04. The first-order valence-corrected chi connectivity index (χ1v) is 12.5. The zero-order valence-corrected chi connectivity index (χ0v) is 21.9. The van der Waals surface area contributed by atoms with E-state index in [1.165, 1.54) is 5.56 Å². The number of aromatic nitrogens is 4. The number of hydrogen-bond acceptors (Lipinski definition) is 6. The predicted molar refractivity (Wildman–Crippen MR) is 149 cm³/mol. The van der Waals surface area contributed by atoms with E-state index in [0.717, 1.165) is 33.2 Å². The summed E-state index contributed by atoms with van der Waals surface area (Å²) < 4.78 is 12.7. The summed E-state index contributed by atoms with van der Waals surface area (Å²) in [6, 6.07) is 19.4. The molecule has 38 heavy (non-hydrogen) atoms. The van der Waals surface area contributed by atoms with Crippen LogP contribution in [0.25, 0.3) is 44.8 Å². The molecule has 0 fully saturated rings. The normalized spacial score (nSPS) is 11.2. The first-order chi connectivity index (χ1) is 18.4. The van der Waals surface area contributed by atoms with E-state index in [4.69, 9.17) is 30.8 Å². The molecule has 3 aromatic carbocycles. The van der Waals surface area contributed by atoms with Crippen LogP contribution in [0.5, 0.6) is 5.75 Å². The van der Waals surface area contributed by atoms with Crippen LogP contribution in [0, 0.1) is 12.3 Å². The van der Waals surface area contributed by atoms with Crippen molar-refractivity contribution in [2.45, 2.75) is 26.7 Å². The summed E-state index contributed by atoms with van der Waals surface area (Å²) in [4.78, 5) is 26.9. The Bertz CT molecular complexity index is 1700. The van der Waals surface area contributed by atoms with E-state index in [2.05, 4.69) is 44.0 Å². The number of aryl methyl sites for hydroxylation is 1. The maximum Gasteiger partial charge on any atom is 0.338 e. The fourth-order valence-electron chi connectivity index (χ4n) is 4.40. The van der Waals surface area contributed by atoms with Gasteiger partial charge in [0.25, 0.3) is 0 Å². The number of rotatable bonds is 7. The summed E-state index contributed by atoms with van der Waals surface area (Å²) in [5, 5.41) is 0.851. The van der Waals surface area contributed by atoms with Crippen LogP contribution in [0.2, 0.25) is 0 Å². The molecule has 0 N–H and O–H groups in total. The molecular formula is C31H28N4O3. The molecule has 0 atom stereocenters. The second kappa shape index (κ2) is 10.3. The molecule has 0 unspecified atom stereocenters. The number of benzene rings is 3. The highest BCUT2D eigenvalue weighted by Crippen LogP contribution is 2.33. The van der Waals surface area contributed by atoms with Crippen LogP contribution in [0.3, 0.4) is 0 Å². The van der Waals surface area contributed by atoms with Gasteiger partial charge >= 0.3 is 5.97 Å². The third-order valence-electron chi connectivity index (χ3n) is 6.43. The Morgan fingerprint density at radius 2 is 1.76 bits per heavy atom. The molecule has 0 aliphatic heterocycles. The third kappa shape index (κ3) is 4.69. The lowest BCUT2D eigenvalue weighted by Gasteiger charge is -2.12. The van der Waals surface area contributed by atoms with Crippen molar-refractivity contribution in [2.75, 3.05) is 13.2 Å². The Labute approximate surface area is 221 Å². The first kappa shape index (κ1) is 25.0. The second-order valence-electron chi connectivity index (χ2n) is 9.26. The smallest absolute Gasteiger partial charge is 0.338 e. The van der Waals surface area contributed by atoms with Crippen molar-refractivity contribution in [3.63, 3.8) is 0 Å². The van der Waals surface area contributed by atoms with Crippen LogP contribution in [0.15, 0.2) is 60.7 Å². The number of terminal acetylenes is 1. The van der Waals surface area contributed by atoms with E-state index >= 15 is 0 Å². The summed E-state index contributed by atoms with van der Waals surface area (Å²) in [6.45, 7) is 6.61. The number of nitrogens with zero attached hydrogens (tertiary/aromatic N) is 4. The van der Waals surface area contributed by atoms with Gasteiger partial charge in [0.1, 0.15) is 12.4 Å². The number of ether oxygens (including phenoxy) is 2. The van der Waals surface area contributed by atoms with Gasteiger partial charge in [-0.15, -0.1) is 6.42 Å². The van der Waals surface area contributed by atoms with E-state index < -0.39 is 0 Å². The summed E-state index contributed by atoms with van der Waals surface area (Å²) in [6.07, 6.45) is 5.39. The number of carbonyl (C=O) groups excluding carboxylic acids is 1. The molecule has 0 saturated carbocycles. The Hall–Kier alpha value is -4.70. The molecule has 0 amide bonds. The van der Waals surface area contributed by atoms with E-state index in [1.54, 1.807) is 19.1 Å². The molecule has 7 nitrogen and oxygen atoms in total. The molecule has 0 spiro atoms. The van der Waals surface area contributed by atoms with Gasteiger partial charge in [-0.2, -0.15) is 0 Å². The lowest BCUT2D eigenvalue weighted by molar-refractivity contribution is 0.0526. The van der Waals surface area contributed by atoms with Crippen LogP contribution in [0.4, 0.5) is 0 Å². The lowest BCUT2D eigenvalue weighted by atomic mass is 9.99. The van der Waals surface area contributed by atoms with Crippen molar-refractivity contribution in [2.24, 2.45) is 7.05 Å². The van der Waals surface area contributed by atoms with Crippen molar-refractivity contribution in [3.8, 4) is 41.0 Å². The predicted octanol–water partition coefficient (Wildman–Crippen LogP) is 6.16. The van der Waals surface area contributed by atoms with Crippen LogP contribution in [0.1, 0.15) is 42.6 Å². The van der Waals surface area contributed by atoms with Crippen LogP contribution in [-0.2, 0) is 11.8 Å². The third-order valence-corrected chi connectivity index (χ3v) is 6.43. The van der Waals surface area contributed by atoms with Gasteiger partial charge < -0.3 is 14.0 Å². The van der Waals surface area contributed by atoms with Crippen LogP contribution >= 0.6 is 0 Å². The molecular weight excluding hydrogens is 476 g/mol. The molecule has 0 bridgehead atoms. The van der Waals surface area contributed by atoms with E-state index in [0.29, 0.717) is 35.5 Å². The monoisotopic (exact) mass is 504 g/mol. The van der Waals surface area contributed by atoms with Gasteiger partial charge in [-0.05, 0) is 54.8 Å². The largest absolute Gasteiger partial charge is 0.481 e. The quantitative estimate of drug-likeness (QED) is 0.195. The summed E-state index contributed by atoms with van der Waals surface area (Å²) in [7, 11) is 1.89. The Kier molecular flexibility index (Phi) is 6.80. The molecule has 0 radical (unpaired) electrons. The molecule has 0 saturated heterocycles. The average molecular weight is 505 g/mol. The van der Waals surface area contributed by atoms with E-state index in [1.807, 2.05) is 35.9 Å². The number of imidazole rings is 1. The van der Waals surface area contributed by atoms with E-state index in [9.17, 15) is 4.79 Å². The minimum atomic E-state index is -0.367. The fraction of sp³-hybridized carbons (Fsp3) is 0.226. The van der Waals surface area contributed by atoms with Crippen molar-refractivity contribution in [1.82, 2.24) is 19.5 Å². The van der Waals surface area contributed by atoms with E-state index in [-0.39, 0.29) is 12.6 Å². The van der Waals surface area contributed by atoms with Crippen LogP contribution < -0.4 is 4.74 Å². The topological polar surface area (TPSA) is 79.1 Å². The SMILES string of the molecule is C#CCOc1ccc2nc(-c3nc4ccc(C(=O)OCC)cc4n3C)nc(-c3ccc(C(C)C)cc3)c2c1. The summed E-state index contributed by atoms with van der Waals surface area (Å²) >= 11 is 0. The fourth-order valence-corrected chi connectivity index (χ4v) is 4.40. The van der Waals surface area contributed by atoms with Crippen molar-refractivity contribution < 1.29 is 14.3 Å². The molecule has 5 aromatic rings. The van der Waals surface area contributed by atoms with Gasteiger partial charge in [0, 0.05) is 18.0 Å². The molecule has 190 valence electrons. The highest BCUT2D eigenvalue weighted by molar-refractivity contribution is 5.96.